The molecule has 2 amide bonds. The number of carbonyl (C=O) groups excluding carboxylic acids is 2. The molecule has 2 rings (SSSR count). The van der Waals surface area contributed by atoms with Crippen LogP contribution in [0.2, 0.25) is 0 Å². The van der Waals surface area contributed by atoms with E-state index in [1.54, 1.807) is 44.4 Å². The molecular formula is C25H34BrN3O5S. The summed E-state index contributed by atoms with van der Waals surface area (Å²) in [6, 6.07) is 11.5. The number of halogens is 1. The molecule has 0 unspecified atom stereocenters. The Balaban J connectivity index is 2.36. The van der Waals surface area contributed by atoms with Crippen molar-refractivity contribution in [2.75, 3.05) is 30.8 Å². The Kier molecular flexibility index (Phi) is 10.6. The van der Waals surface area contributed by atoms with E-state index in [0.29, 0.717) is 18.0 Å². The lowest BCUT2D eigenvalue weighted by atomic mass is 10.1. The molecule has 10 heteroatoms. The maximum Gasteiger partial charge on any atom is 0.244 e. The summed E-state index contributed by atoms with van der Waals surface area (Å²) in [5.74, 6) is -0.0958. The Bertz CT molecular complexity index is 1120. The van der Waals surface area contributed by atoms with Crippen molar-refractivity contribution < 1.29 is 22.7 Å². The van der Waals surface area contributed by atoms with Gasteiger partial charge in [-0.05, 0) is 61.7 Å². The topological polar surface area (TPSA) is 96.0 Å². The highest BCUT2D eigenvalue weighted by atomic mass is 79.9. The van der Waals surface area contributed by atoms with Crippen molar-refractivity contribution in [3.05, 3.63) is 58.1 Å². The van der Waals surface area contributed by atoms with E-state index in [0.717, 1.165) is 39.0 Å². The summed E-state index contributed by atoms with van der Waals surface area (Å²) in [4.78, 5) is 27.8. The summed E-state index contributed by atoms with van der Waals surface area (Å²) >= 11 is 3.41. The van der Waals surface area contributed by atoms with E-state index in [9.17, 15) is 18.0 Å². The molecule has 2 aromatic carbocycles. The summed E-state index contributed by atoms with van der Waals surface area (Å²) in [6.07, 6.45) is 2.82. The number of unbranched alkanes of at least 4 members (excludes halogenated alkanes) is 1. The first kappa shape index (κ1) is 28.6. The van der Waals surface area contributed by atoms with Gasteiger partial charge in [0.2, 0.25) is 21.8 Å². The number of hydrogen-bond donors (Lipinski definition) is 1. The van der Waals surface area contributed by atoms with E-state index < -0.39 is 28.5 Å². The van der Waals surface area contributed by atoms with Crippen LogP contribution in [-0.4, -0.2) is 57.6 Å². The number of carbonyl (C=O) groups is 2. The predicted molar refractivity (Wildman–Crippen MR) is 142 cm³/mol. The van der Waals surface area contributed by atoms with Crippen molar-refractivity contribution in [3.8, 4) is 5.75 Å². The van der Waals surface area contributed by atoms with Crippen molar-refractivity contribution in [3.63, 3.8) is 0 Å². The summed E-state index contributed by atoms with van der Waals surface area (Å²) in [7, 11) is -2.20. The van der Waals surface area contributed by atoms with Crippen LogP contribution in [-0.2, 0) is 26.2 Å². The molecule has 0 aliphatic rings. The lowest BCUT2D eigenvalue weighted by Gasteiger charge is -2.31. The molecule has 0 bridgehead atoms. The first-order chi connectivity index (χ1) is 16.5. The van der Waals surface area contributed by atoms with Gasteiger partial charge in [-0.2, -0.15) is 0 Å². The van der Waals surface area contributed by atoms with E-state index in [4.69, 9.17) is 4.74 Å². The summed E-state index contributed by atoms with van der Waals surface area (Å²) < 4.78 is 32.4. The van der Waals surface area contributed by atoms with Crippen LogP contribution in [0, 0.1) is 6.92 Å². The Labute approximate surface area is 216 Å². The molecular weight excluding hydrogens is 534 g/mol. The van der Waals surface area contributed by atoms with Gasteiger partial charge in [-0.25, -0.2) is 8.42 Å². The second kappa shape index (κ2) is 12.9. The second-order valence-electron chi connectivity index (χ2n) is 8.39. The van der Waals surface area contributed by atoms with Gasteiger partial charge in [-0.1, -0.05) is 41.4 Å². The van der Waals surface area contributed by atoms with Gasteiger partial charge in [-0.3, -0.25) is 13.9 Å². The van der Waals surface area contributed by atoms with Crippen LogP contribution >= 0.6 is 15.9 Å². The van der Waals surface area contributed by atoms with Crippen LogP contribution < -0.4 is 14.4 Å². The monoisotopic (exact) mass is 567 g/mol. The summed E-state index contributed by atoms with van der Waals surface area (Å²) in [6.45, 7) is 5.74. The second-order valence-corrected chi connectivity index (χ2v) is 11.2. The van der Waals surface area contributed by atoms with E-state index in [2.05, 4.69) is 21.2 Å². The number of aryl methyl sites for hydroxylation is 1. The molecule has 0 heterocycles. The van der Waals surface area contributed by atoms with Gasteiger partial charge in [0.1, 0.15) is 18.3 Å². The fourth-order valence-corrected chi connectivity index (χ4v) is 4.53. The molecule has 0 aliphatic heterocycles. The fourth-order valence-electron chi connectivity index (χ4n) is 3.44. The molecule has 0 spiro atoms. The Morgan fingerprint density at radius 3 is 2.34 bits per heavy atom. The number of methoxy groups -OCH3 is 1. The van der Waals surface area contributed by atoms with Gasteiger partial charge < -0.3 is 15.0 Å². The lowest BCUT2D eigenvalue weighted by Crippen LogP contribution is -2.51. The zero-order valence-electron chi connectivity index (χ0n) is 20.9. The number of ether oxygens (including phenoxy) is 1. The van der Waals surface area contributed by atoms with Crippen LogP contribution in [0.4, 0.5) is 5.69 Å². The first-order valence-corrected chi connectivity index (χ1v) is 14.1. The van der Waals surface area contributed by atoms with E-state index in [-0.39, 0.29) is 12.5 Å². The smallest absolute Gasteiger partial charge is 0.244 e. The largest absolute Gasteiger partial charge is 0.497 e. The van der Waals surface area contributed by atoms with Crippen molar-refractivity contribution in [1.82, 2.24) is 10.2 Å². The molecule has 8 nitrogen and oxygen atoms in total. The van der Waals surface area contributed by atoms with Gasteiger partial charge >= 0.3 is 0 Å². The van der Waals surface area contributed by atoms with Crippen molar-refractivity contribution >= 4 is 43.5 Å². The molecule has 1 N–H and O–H groups in total. The number of sulfonamides is 1. The SMILES string of the molecule is CCCCNC(=O)[C@H](C)N(Cc1ccc(OC)cc1)C(=O)CN(c1ccc(Br)c(C)c1)S(C)(=O)=O. The highest BCUT2D eigenvalue weighted by Crippen LogP contribution is 2.25. The van der Waals surface area contributed by atoms with Crippen LogP contribution in [0.25, 0.3) is 0 Å². The van der Waals surface area contributed by atoms with Crippen molar-refractivity contribution in [2.45, 2.75) is 46.2 Å². The molecule has 0 radical (unpaired) electrons. The molecule has 0 aliphatic carbocycles. The third-order valence-corrected chi connectivity index (χ3v) is 7.65. The predicted octanol–water partition coefficient (Wildman–Crippen LogP) is 3.87. The zero-order valence-corrected chi connectivity index (χ0v) is 23.3. The molecule has 0 fully saturated rings. The van der Waals surface area contributed by atoms with E-state index in [1.807, 2.05) is 26.0 Å². The van der Waals surface area contributed by atoms with Crippen LogP contribution in [0.15, 0.2) is 46.9 Å². The Morgan fingerprint density at radius 1 is 1.14 bits per heavy atom. The zero-order chi connectivity index (χ0) is 26.2. The molecule has 0 saturated heterocycles. The molecule has 0 aromatic heterocycles. The number of amides is 2. The number of anilines is 1. The minimum absolute atomic E-state index is 0.141. The van der Waals surface area contributed by atoms with Gasteiger partial charge in [0.15, 0.2) is 0 Å². The highest BCUT2D eigenvalue weighted by molar-refractivity contribution is 9.10. The minimum atomic E-state index is -3.77. The maximum absolute atomic E-state index is 13.5. The molecule has 1 atom stereocenters. The third-order valence-electron chi connectivity index (χ3n) is 5.62. The number of nitrogens with one attached hydrogen (secondary N) is 1. The summed E-state index contributed by atoms with van der Waals surface area (Å²) in [5.41, 5.74) is 2.01. The van der Waals surface area contributed by atoms with Crippen molar-refractivity contribution in [2.24, 2.45) is 0 Å². The molecule has 2 aromatic rings. The van der Waals surface area contributed by atoms with Crippen LogP contribution in [0.5, 0.6) is 5.75 Å². The van der Waals surface area contributed by atoms with E-state index in [1.165, 1.54) is 4.90 Å². The average molecular weight is 569 g/mol. The maximum atomic E-state index is 13.5. The normalized spacial score (nSPS) is 12.1. The number of hydrogen-bond acceptors (Lipinski definition) is 5. The van der Waals surface area contributed by atoms with Crippen LogP contribution in [0.3, 0.4) is 0 Å². The van der Waals surface area contributed by atoms with Gasteiger partial charge in [0, 0.05) is 17.6 Å². The highest BCUT2D eigenvalue weighted by Gasteiger charge is 2.30. The fraction of sp³-hybridized carbons (Fsp3) is 0.440. The average Bonchev–Trinajstić information content (AvgIpc) is 2.82. The summed E-state index contributed by atoms with van der Waals surface area (Å²) in [5, 5.41) is 2.86. The standard InChI is InChI=1S/C25H34BrN3O5S/c1-6-7-14-27-25(31)19(3)28(16-20-8-11-22(34-4)12-9-20)24(30)17-29(35(5,32)33)21-10-13-23(26)18(2)15-21/h8-13,15,19H,6-7,14,16-17H2,1-5H3,(H,27,31)/t19-/m0/s1. The van der Waals surface area contributed by atoms with Gasteiger partial charge in [-0.15, -0.1) is 0 Å². The quantitative estimate of drug-likeness (QED) is 0.393. The minimum Gasteiger partial charge on any atom is -0.497 e. The lowest BCUT2D eigenvalue weighted by molar-refractivity contribution is -0.139. The number of rotatable bonds is 12. The van der Waals surface area contributed by atoms with Gasteiger partial charge in [0.25, 0.3) is 0 Å². The molecule has 192 valence electrons. The third kappa shape index (κ3) is 8.24. The number of nitrogens with zero attached hydrogens (tertiary/aromatic N) is 2. The number of benzene rings is 2. The van der Waals surface area contributed by atoms with Crippen LogP contribution in [0.1, 0.15) is 37.8 Å². The Hall–Kier alpha value is -2.59. The van der Waals surface area contributed by atoms with E-state index >= 15 is 0 Å². The Morgan fingerprint density at radius 2 is 1.80 bits per heavy atom. The first-order valence-electron chi connectivity index (χ1n) is 11.4. The molecule has 0 saturated carbocycles. The van der Waals surface area contributed by atoms with Crippen molar-refractivity contribution in [1.29, 1.82) is 0 Å². The molecule has 35 heavy (non-hydrogen) atoms. The van der Waals surface area contributed by atoms with Gasteiger partial charge in [0.05, 0.1) is 19.1 Å².